The number of ether oxygens (including phenoxy) is 1. The highest BCUT2D eigenvalue weighted by Crippen LogP contribution is 2.37. The van der Waals surface area contributed by atoms with Gasteiger partial charge in [0.15, 0.2) is 6.10 Å². The van der Waals surface area contributed by atoms with Gasteiger partial charge in [-0.15, -0.1) is 0 Å². The highest BCUT2D eigenvalue weighted by Gasteiger charge is 2.31. The number of nitrogens with one attached hydrogen (secondary N) is 1. The molecule has 1 heterocycles. The van der Waals surface area contributed by atoms with Gasteiger partial charge in [0.05, 0.1) is 12.2 Å². The average Bonchev–Trinajstić information content (AvgIpc) is 2.61. The third-order valence-electron chi connectivity index (χ3n) is 4.18. The summed E-state index contributed by atoms with van der Waals surface area (Å²) in [5, 5.41) is 3.51. The van der Waals surface area contributed by atoms with Gasteiger partial charge in [-0.1, -0.05) is 30.7 Å². The molecule has 5 nitrogen and oxygen atoms in total. The second-order valence-corrected chi connectivity index (χ2v) is 6.73. The Hall–Kier alpha value is -2.53. The summed E-state index contributed by atoms with van der Waals surface area (Å²) in [5.41, 5.74) is 2.26. The van der Waals surface area contributed by atoms with Crippen LogP contribution in [-0.2, 0) is 16.1 Å². The second-order valence-electron chi connectivity index (χ2n) is 6.29. The van der Waals surface area contributed by atoms with Gasteiger partial charge in [0.25, 0.3) is 5.91 Å². The summed E-state index contributed by atoms with van der Waals surface area (Å²) < 4.78 is 5.71. The standard InChI is InChI=1S/C20H21ClN2O3/c1-3-4-19(24)22-16-9-10-18-17(11-16)23(20(25)13(2)26-18)12-14-5-7-15(21)8-6-14/h5-11,13H,3-4,12H2,1-2H3,(H,22,24). The fraction of sp³-hybridized carbons (Fsp3) is 0.300. The van der Waals surface area contributed by atoms with Crippen molar-refractivity contribution in [2.24, 2.45) is 0 Å². The van der Waals surface area contributed by atoms with Gasteiger partial charge in [0.2, 0.25) is 5.91 Å². The molecule has 26 heavy (non-hydrogen) atoms. The number of nitrogens with zero attached hydrogens (tertiary/aromatic N) is 1. The van der Waals surface area contributed by atoms with Gasteiger partial charge >= 0.3 is 0 Å². The van der Waals surface area contributed by atoms with E-state index >= 15 is 0 Å². The first kappa shape index (κ1) is 18.3. The zero-order valence-corrected chi connectivity index (χ0v) is 15.5. The fourth-order valence-corrected chi connectivity index (χ4v) is 3.00. The van der Waals surface area contributed by atoms with E-state index in [1.807, 2.05) is 19.1 Å². The van der Waals surface area contributed by atoms with Crippen molar-refractivity contribution < 1.29 is 14.3 Å². The van der Waals surface area contributed by atoms with Crippen LogP contribution in [0.4, 0.5) is 11.4 Å². The van der Waals surface area contributed by atoms with Gasteiger partial charge in [-0.05, 0) is 49.2 Å². The van der Waals surface area contributed by atoms with Crippen LogP contribution in [0.1, 0.15) is 32.3 Å². The van der Waals surface area contributed by atoms with Crippen LogP contribution in [0.2, 0.25) is 5.02 Å². The molecule has 2 aromatic rings. The molecule has 0 saturated carbocycles. The van der Waals surface area contributed by atoms with Gasteiger partial charge in [-0.25, -0.2) is 0 Å². The van der Waals surface area contributed by atoms with E-state index in [2.05, 4.69) is 5.32 Å². The first-order valence-electron chi connectivity index (χ1n) is 8.64. The molecular formula is C20H21ClN2O3. The largest absolute Gasteiger partial charge is 0.479 e. The lowest BCUT2D eigenvalue weighted by Crippen LogP contribution is -2.44. The molecule has 1 aliphatic rings. The minimum absolute atomic E-state index is 0.0480. The lowest BCUT2D eigenvalue weighted by Gasteiger charge is -2.33. The van der Waals surface area contributed by atoms with Gasteiger partial charge in [0.1, 0.15) is 5.75 Å². The van der Waals surface area contributed by atoms with Crippen LogP contribution < -0.4 is 15.0 Å². The highest BCUT2D eigenvalue weighted by molar-refractivity contribution is 6.30. The Morgan fingerprint density at radius 2 is 1.96 bits per heavy atom. The third kappa shape index (κ3) is 3.99. The number of carbonyl (C=O) groups excluding carboxylic acids is 2. The molecule has 1 N–H and O–H groups in total. The van der Waals surface area contributed by atoms with Crippen LogP contribution in [-0.4, -0.2) is 17.9 Å². The van der Waals surface area contributed by atoms with E-state index in [0.717, 1.165) is 12.0 Å². The topological polar surface area (TPSA) is 58.6 Å². The molecule has 6 heteroatoms. The Morgan fingerprint density at radius 3 is 2.65 bits per heavy atom. The van der Waals surface area contributed by atoms with E-state index in [4.69, 9.17) is 16.3 Å². The molecular weight excluding hydrogens is 352 g/mol. The summed E-state index contributed by atoms with van der Waals surface area (Å²) in [6.45, 7) is 4.09. The summed E-state index contributed by atoms with van der Waals surface area (Å²) in [6, 6.07) is 12.7. The Morgan fingerprint density at radius 1 is 1.23 bits per heavy atom. The van der Waals surface area contributed by atoms with Crippen LogP contribution in [0.25, 0.3) is 0 Å². The number of benzene rings is 2. The number of hydrogen-bond acceptors (Lipinski definition) is 3. The van der Waals surface area contributed by atoms with Gasteiger partial charge < -0.3 is 15.0 Å². The quantitative estimate of drug-likeness (QED) is 0.846. The van der Waals surface area contributed by atoms with Crippen molar-refractivity contribution in [3.05, 3.63) is 53.1 Å². The summed E-state index contributed by atoms with van der Waals surface area (Å²) >= 11 is 5.94. The number of halogens is 1. The van der Waals surface area contributed by atoms with Crippen molar-refractivity contribution in [3.63, 3.8) is 0 Å². The van der Waals surface area contributed by atoms with Gasteiger partial charge in [-0.3, -0.25) is 9.59 Å². The molecule has 1 atom stereocenters. The van der Waals surface area contributed by atoms with Crippen molar-refractivity contribution in [1.82, 2.24) is 0 Å². The molecule has 2 amide bonds. The predicted molar refractivity (Wildman–Crippen MR) is 103 cm³/mol. The van der Waals surface area contributed by atoms with Crippen molar-refractivity contribution >= 4 is 34.8 Å². The molecule has 0 radical (unpaired) electrons. The monoisotopic (exact) mass is 372 g/mol. The number of fused-ring (bicyclic) bond motifs is 1. The maximum Gasteiger partial charge on any atom is 0.268 e. The minimum Gasteiger partial charge on any atom is -0.479 e. The number of carbonyl (C=O) groups is 2. The molecule has 0 aromatic heterocycles. The third-order valence-corrected chi connectivity index (χ3v) is 4.43. The Labute approximate surface area is 157 Å². The fourth-order valence-electron chi connectivity index (χ4n) is 2.87. The van der Waals surface area contributed by atoms with E-state index in [1.165, 1.54) is 0 Å². The van der Waals surface area contributed by atoms with E-state index in [9.17, 15) is 9.59 Å². The molecule has 0 saturated heterocycles. The van der Waals surface area contributed by atoms with Crippen molar-refractivity contribution in [2.45, 2.75) is 39.3 Å². The maximum absolute atomic E-state index is 12.7. The first-order valence-corrected chi connectivity index (χ1v) is 9.02. The van der Waals surface area contributed by atoms with Crippen molar-refractivity contribution in [2.75, 3.05) is 10.2 Å². The van der Waals surface area contributed by atoms with Gasteiger partial charge in [-0.2, -0.15) is 0 Å². The Balaban J connectivity index is 1.90. The van der Waals surface area contributed by atoms with Crippen LogP contribution in [0.15, 0.2) is 42.5 Å². The molecule has 0 spiro atoms. The highest BCUT2D eigenvalue weighted by atomic mass is 35.5. The number of rotatable bonds is 5. The number of hydrogen-bond donors (Lipinski definition) is 1. The zero-order valence-electron chi connectivity index (χ0n) is 14.8. The predicted octanol–water partition coefficient (Wildman–Crippen LogP) is 4.39. The molecule has 136 valence electrons. The molecule has 2 aromatic carbocycles. The number of amides is 2. The molecule has 0 aliphatic carbocycles. The van der Waals surface area contributed by atoms with E-state index in [-0.39, 0.29) is 11.8 Å². The Bertz CT molecular complexity index is 820. The average molecular weight is 373 g/mol. The second kappa shape index (κ2) is 7.79. The maximum atomic E-state index is 12.7. The molecule has 0 bridgehead atoms. The van der Waals surface area contributed by atoms with E-state index < -0.39 is 6.10 Å². The van der Waals surface area contributed by atoms with E-state index in [0.29, 0.717) is 35.1 Å². The van der Waals surface area contributed by atoms with Crippen LogP contribution in [0.3, 0.4) is 0 Å². The normalized spacial score (nSPS) is 16.0. The Kier molecular flexibility index (Phi) is 5.47. The summed E-state index contributed by atoms with van der Waals surface area (Å²) in [4.78, 5) is 26.2. The summed E-state index contributed by atoms with van der Waals surface area (Å²) in [7, 11) is 0. The SMILES string of the molecule is CCCC(=O)Nc1ccc2c(c1)N(Cc1ccc(Cl)cc1)C(=O)C(C)O2. The summed E-state index contributed by atoms with van der Waals surface area (Å²) in [6.07, 6.45) is 0.673. The molecule has 0 fully saturated rings. The lowest BCUT2D eigenvalue weighted by atomic mass is 10.1. The lowest BCUT2D eigenvalue weighted by molar-refractivity contribution is -0.125. The minimum atomic E-state index is -0.560. The van der Waals surface area contributed by atoms with Crippen molar-refractivity contribution in [1.29, 1.82) is 0 Å². The molecule has 3 rings (SSSR count). The van der Waals surface area contributed by atoms with E-state index in [1.54, 1.807) is 42.2 Å². The van der Waals surface area contributed by atoms with Crippen LogP contribution >= 0.6 is 11.6 Å². The smallest absolute Gasteiger partial charge is 0.268 e. The zero-order chi connectivity index (χ0) is 18.7. The molecule has 1 aliphatic heterocycles. The van der Waals surface area contributed by atoms with Crippen LogP contribution in [0, 0.1) is 0 Å². The van der Waals surface area contributed by atoms with Gasteiger partial charge in [0, 0.05) is 17.1 Å². The van der Waals surface area contributed by atoms with Crippen LogP contribution in [0.5, 0.6) is 5.75 Å². The summed E-state index contributed by atoms with van der Waals surface area (Å²) in [5.74, 6) is 0.456. The number of anilines is 2. The molecule has 1 unspecified atom stereocenters. The first-order chi connectivity index (χ1) is 12.5. The van der Waals surface area contributed by atoms with Crippen molar-refractivity contribution in [3.8, 4) is 5.75 Å².